The molecule has 1 aromatic carbocycles. The van der Waals surface area contributed by atoms with Gasteiger partial charge in [0.2, 0.25) is 0 Å². The van der Waals surface area contributed by atoms with Crippen LogP contribution in [0.3, 0.4) is 0 Å². The van der Waals surface area contributed by atoms with Crippen molar-refractivity contribution in [1.82, 2.24) is 9.97 Å². The average molecular weight is 298 g/mol. The lowest BCUT2D eigenvalue weighted by atomic mass is 10.1. The van der Waals surface area contributed by atoms with Crippen molar-refractivity contribution in [2.75, 3.05) is 0 Å². The van der Waals surface area contributed by atoms with Crippen LogP contribution in [-0.2, 0) is 0 Å². The Labute approximate surface area is 106 Å². The van der Waals surface area contributed by atoms with Gasteiger partial charge in [-0.05, 0) is 24.3 Å². The molecule has 3 nitrogen and oxygen atoms in total. The monoisotopic (exact) mass is 296 g/mol. The minimum atomic E-state index is -0.182. The van der Waals surface area contributed by atoms with Crippen LogP contribution in [0.1, 0.15) is 15.9 Å². The molecule has 1 heterocycles. The largest absolute Gasteiger partial charge is 0.288 e. The third kappa shape index (κ3) is 2.28. The molecular weight excluding hydrogens is 291 g/mol. The van der Waals surface area contributed by atoms with Gasteiger partial charge < -0.3 is 0 Å². The highest BCUT2D eigenvalue weighted by Crippen LogP contribution is 2.17. The fourth-order valence-electron chi connectivity index (χ4n) is 1.22. The van der Waals surface area contributed by atoms with Gasteiger partial charge in [0, 0.05) is 16.2 Å². The Hall–Kier alpha value is -1.26. The van der Waals surface area contributed by atoms with E-state index in [1.807, 2.05) is 0 Å². The van der Waals surface area contributed by atoms with Gasteiger partial charge in [-0.1, -0.05) is 27.5 Å². The maximum absolute atomic E-state index is 12.0. The molecule has 2 rings (SSSR count). The lowest BCUT2D eigenvalue weighted by Gasteiger charge is -2.01. The second-order valence-electron chi connectivity index (χ2n) is 3.06. The Balaban J connectivity index is 2.40. The van der Waals surface area contributed by atoms with Crippen LogP contribution < -0.4 is 0 Å². The van der Waals surface area contributed by atoms with Crippen LogP contribution in [-0.4, -0.2) is 15.8 Å². The van der Waals surface area contributed by atoms with Gasteiger partial charge >= 0.3 is 0 Å². The fraction of sp³-hybridized carbons (Fsp3) is 0. The SMILES string of the molecule is O=C(c1ccc(Br)cc1)c1cncnc1Cl. The Kier molecular flexibility index (Phi) is 3.31. The summed E-state index contributed by atoms with van der Waals surface area (Å²) in [7, 11) is 0. The van der Waals surface area contributed by atoms with E-state index in [9.17, 15) is 4.79 Å². The summed E-state index contributed by atoms with van der Waals surface area (Å²) in [6, 6.07) is 7.03. The minimum absolute atomic E-state index is 0.169. The summed E-state index contributed by atoms with van der Waals surface area (Å²) in [6.07, 6.45) is 2.72. The van der Waals surface area contributed by atoms with Crippen molar-refractivity contribution < 1.29 is 4.79 Å². The standard InChI is InChI=1S/C11H6BrClN2O/c12-8-3-1-7(2-4-8)10(16)9-5-14-6-15-11(9)13/h1-6H. The van der Waals surface area contributed by atoms with Crippen molar-refractivity contribution in [3.05, 3.63) is 57.5 Å². The molecule has 0 spiro atoms. The van der Waals surface area contributed by atoms with E-state index in [4.69, 9.17) is 11.6 Å². The molecule has 0 saturated carbocycles. The summed E-state index contributed by atoms with van der Waals surface area (Å²) in [5.74, 6) is -0.182. The zero-order valence-electron chi connectivity index (χ0n) is 8.02. The molecule has 0 atom stereocenters. The van der Waals surface area contributed by atoms with Gasteiger partial charge in [-0.25, -0.2) is 9.97 Å². The predicted octanol–water partition coefficient (Wildman–Crippen LogP) is 3.12. The Morgan fingerprint density at radius 3 is 2.56 bits per heavy atom. The number of hydrogen-bond acceptors (Lipinski definition) is 3. The number of ketones is 1. The number of nitrogens with zero attached hydrogens (tertiary/aromatic N) is 2. The fourth-order valence-corrected chi connectivity index (χ4v) is 1.67. The van der Waals surface area contributed by atoms with E-state index in [2.05, 4.69) is 25.9 Å². The highest BCUT2D eigenvalue weighted by atomic mass is 79.9. The second-order valence-corrected chi connectivity index (χ2v) is 4.34. The van der Waals surface area contributed by atoms with E-state index >= 15 is 0 Å². The van der Waals surface area contributed by atoms with Crippen molar-refractivity contribution >= 4 is 33.3 Å². The zero-order chi connectivity index (χ0) is 11.5. The first-order valence-corrected chi connectivity index (χ1v) is 5.61. The number of rotatable bonds is 2. The Bertz CT molecular complexity index is 528. The minimum Gasteiger partial charge on any atom is -0.288 e. The number of carbonyl (C=O) groups is 1. The van der Waals surface area contributed by atoms with Crippen LogP contribution in [0.25, 0.3) is 0 Å². The van der Waals surface area contributed by atoms with Crippen LogP contribution in [0, 0.1) is 0 Å². The van der Waals surface area contributed by atoms with Crippen molar-refractivity contribution in [1.29, 1.82) is 0 Å². The van der Waals surface area contributed by atoms with Gasteiger partial charge in [0.05, 0.1) is 5.56 Å². The molecule has 80 valence electrons. The maximum Gasteiger partial charge on any atom is 0.197 e. The molecule has 0 aliphatic carbocycles. The summed E-state index contributed by atoms with van der Waals surface area (Å²) in [4.78, 5) is 19.6. The number of carbonyl (C=O) groups excluding carboxylic acids is 1. The van der Waals surface area contributed by atoms with Crippen molar-refractivity contribution in [2.45, 2.75) is 0 Å². The van der Waals surface area contributed by atoms with Crippen LogP contribution in [0.15, 0.2) is 41.3 Å². The van der Waals surface area contributed by atoms with Gasteiger partial charge in [-0.3, -0.25) is 4.79 Å². The molecule has 0 unspecified atom stereocenters. The lowest BCUT2D eigenvalue weighted by molar-refractivity contribution is 0.103. The molecule has 0 aliphatic heterocycles. The van der Waals surface area contributed by atoms with Crippen molar-refractivity contribution in [3.63, 3.8) is 0 Å². The van der Waals surface area contributed by atoms with Gasteiger partial charge in [0.25, 0.3) is 0 Å². The van der Waals surface area contributed by atoms with Crippen LogP contribution in [0.2, 0.25) is 5.15 Å². The lowest BCUT2D eigenvalue weighted by Crippen LogP contribution is -2.03. The van der Waals surface area contributed by atoms with Gasteiger partial charge in [0.1, 0.15) is 11.5 Å². The zero-order valence-corrected chi connectivity index (χ0v) is 10.4. The van der Waals surface area contributed by atoms with E-state index in [1.54, 1.807) is 24.3 Å². The van der Waals surface area contributed by atoms with E-state index < -0.39 is 0 Å². The first-order chi connectivity index (χ1) is 7.68. The van der Waals surface area contributed by atoms with Gasteiger partial charge in [-0.15, -0.1) is 0 Å². The topological polar surface area (TPSA) is 42.9 Å². The number of halogens is 2. The smallest absolute Gasteiger partial charge is 0.197 e. The molecule has 0 fully saturated rings. The normalized spacial score (nSPS) is 10.1. The number of benzene rings is 1. The van der Waals surface area contributed by atoms with Crippen molar-refractivity contribution in [3.8, 4) is 0 Å². The Morgan fingerprint density at radius 1 is 1.25 bits per heavy atom. The molecule has 1 aromatic heterocycles. The third-order valence-corrected chi connectivity index (χ3v) is 2.84. The highest BCUT2D eigenvalue weighted by molar-refractivity contribution is 9.10. The number of hydrogen-bond donors (Lipinski definition) is 0. The molecule has 2 aromatic rings. The van der Waals surface area contributed by atoms with E-state index in [1.165, 1.54) is 12.5 Å². The highest BCUT2D eigenvalue weighted by Gasteiger charge is 2.13. The van der Waals surface area contributed by atoms with Gasteiger partial charge in [0.15, 0.2) is 5.78 Å². The van der Waals surface area contributed by atoms with Crippen molar-refractivity contribution in [2.24, 2.45) is 0 Å². The first kappa shape index (κ1) is 11.2. The van der Waals surface area contributed by atoms with E-state index in [0.717, 1.165) is 4.47 Å². The molecule has 5 heteroatoms. The molecular formula is C11H6BrClN2O. The summed E-state index contributed by atoms with van der Waals surface area (Å²) in [5.41, 5.74) is 0.867. The van der Waals surface area contributed by atoms with E-state index in [0.29, 0.717) is 11.1 Å². The summed E-state index contributed by atoms with van der Waals surface area (Å²) in [6.45, 7) is 0. The molecule has 0 bridgehead atoms. The van der Waals surface area contributed by atoms with Gasteiger partial charge in [-0.2, -0.15) is 0 Å². The summed E-state index contributed by atoms with van der Waals surface area (Å²) in [5, 5.41) is 0.169. The molecule has 0 aliphatic rings. The molecule has 0 N–H and O–H groups in total. The molecule has 0 radical (unpaired) electrons. The third-order valence-electron chi connectivity index (χ3n) is 2.01. The average Bonchev–Trinajstić information content (AvgIpc) is 2.30. The van der Waals surface area contributed by atoms with Crippen LogP contribution in [0.5, 0.6) is 0 Å². The predicted molar refractivity (Wildman–Crippen MR) is 64.6 cm³/mol. The Morgan fingerprint density at radius 2 is 1.94 bits per heavy atom. The first-order valence-electron chi connectivity index (χ1n) is 4.44. The quantitative estimate of drug-likeness (QED) is 0.632. The van der Waals surface area contributed by atoms with Crippen LogP contribution >= 0.6 is 27.5 Å². The summed E-state index contributed by atoms with van der Waals surface area (Å²) >= 11 is 9.12. The van der Waals surface area contributed by atoms with Crippen LogP contribution in [0.4, 0.5) is 0 Å². The van der Waals surface area contributed by atoms with E-state index in [-0.39, 0.29) is 10.9 Å². The molecule has 0 saturated heterocycles. The summed E-state index contributed by atoms with van der Waals surface area (Å²) < 4.78 is 0.916. The number of aromatic nitrogens is 2. The maximum atomic E-state index is 12.0. The molecule has 16 heavy (non-hydrogen) atoms. The molecule has 0 amide bonds. The second kappa shape index (κ2) is 4.72.